The van der Waals surface area contributed by atoms with E-state index in [0.717, 1.165) is 25.1 Å². The molecule has 2 aromatic heterocycles. The van der Waals surface area contributed by atoms with E-state index in [1.54, 1.807) is 18.6 Å². The fourth-order valence-electron chi connectivity index (χ4n) is 3.31. The summed E-state index contributed by atoms with van der Waals surface area (Å²) in [6.07, 6.45) is 10.1. The molecule has 6 heteroatoms. The van der Waals surface area contributed by atoms with Crippen molar-refractivity contribution in [1.82, 2.24) is 19.4 Å². The van der Waals surface area contributed by atoms with E-state index in [9.17, 15) is 4.79 Å². The standard InChI is InChI=1S/C17H22N4O2/c1-13-5-8-20(11-15(13)21-9-7-19-12-21)16(17(22)23-2)14-4-3-6-18-10-14/h3-4,6-7,9-10,12-13,15-16H,5,8,11H2,1-2H3/t13-,15-,16+/m1/s1. The number of nitrogens with zero attached hydrogens (tertiary/aromatic N) is 4. The lowest BCUT2D eigenvalue weighted by Crippen LogP contribution is -2.45. The van der Waals surface area contributed by atoms with Crippen LogP contribution in [-0.4, -0.2) is 45.6 Å². The first-order valence-corrected chi connectivity index (χ1v) is 7.90. The van der Waals surface area contributed by atoms with Crippen molar-refractivity contribution in [3.05, 3.63) is 48.8 Å². The summed E-state index contributed by atoms with van der Waals surface area (Å²) in [5.41, 5.74) is 0.873. The number of likely N-dealkylation sites (tertiary alicyclic amines) is 1. The molecule has 6 nitrogen and oxygen atoms in total. The number of rotatable bonds is 4. The number of pyridine rings is 1. The highest BCUT2D eigenvalue weighted by Crippen LogP contribution is 2.33. The van der Waals surface area contributed by atoms with Crippen molar-refractivity contribution in [3.63, 3.8) is 0 Å². The van der Waals surface area contributed by atoms with Gasteiger partial charge in [-0.15, -0.1) is 0 Å². The maximum absolute atomic E-state index is 12.4. The van der Waals surface area contributed by atoms with Gasteiger partial charge in [0, 0.05) is 37.4 Å². The third-order valence-corrected chi connectivity index (χ3v) is 4.65. The van der Waals surface area contributed by atoms with E-state index in [4.69, 9.17) is 4.74 Å². The zero-order chi connectivity index (χ0) is 16.2. The van der Waals surface area contributed by atoms with Gasteiger partial charge in [0.1, 0.15) is 6.04 Å². The van der Waals surface area contributed by atoms with Gasteiger partial charge >= 0.3 is 5.97 Å². The molecule has 3 rings (SSSR count). The Morgan fingerprint density at radius 2 is 2.26 bits per heavy atom. The Hall–Kier alpha value is -2.21. The number of imidazole rings is 1. The maximum atomic E-state index is 12.4. The second-order valence-corrected chi connectivity index (χ2v) is 6.05. The fraction of sp³-hybridized carbons (Fsp3) is 0.471. The second kappa shape index (κ2) is 6.91. The van der Waals surface area contributed by atoms with E-state index < -0.39 is 6.04 Å². The number of piperidine rings is 1. The third kappa shape index (κ3) is 3.27. The minimum Gasteiger partial charge on any atom is -0.468 e. The van der Waals surface area contributed by atoms with Gasteiger partial charge in [0.25, 0.3) is 0 Å². The molecule has 1 aliphatic rings. The minimum absolute atomic E-state index is 0.239. The number of ether oxygens (including phenoxy) is 1. The molecule has 1 aliphatic heterocycles. The molecule has 0 unspecified atom stereocenters. The molecule has 23 heavy (non-hydrogen) atoms. The Labute approximate surface area is 136 Å². The van der Waals surface area contributed by atoms with Gasteiger partial charge in [-0.3, -0.25) is 9.88 Å². The molecule has 0 bridgehead atoms. The van der Waals surface area contributed by atoms with E-state index >= 15 is 0 Å². The van der Waals surface area contributed by atoms with E-state index in [2.05, 4.69) is 26.4 Å². The molecule has 0 amide bonds. The van der Waals surface area contributed by atoms with Crippen LogP contribution in [0.2, 0.25) is 0 Å². The largest absolute Gasteiger partial charge is 0.468 e. The molecule has 0 saturated carbocycles. The van der Waals surface area contributed by atoms with Crippen molar-refractivity contribution in [1.29, 1.82) is 0 Å². The van der Waals surface area contributed by atoms with Gasteiger partial charge in [0.15, 0.2) is 0 Å². The fourth-order valence-corrected chi connectivity index (χ4v) is 3.31. The van der Waals surface area contributed by atoms with E-state index in [1.165, 1.54) is 7.11 Å². The highest BCUT2D eigenvalue weighted by atomic mass is 16.5. The van der Waals surface area contributed by atoms with Gasteiger partial charge in [-0.1, -0.05) is 13.0 Å². The van der Waals surface area contributed by atoms with Crippen LogP contribution in [0.4, 0.5) is 0 Å². The quantitative estimate of drug-likeness (QED) is 0.809. The van der Waals surface area contributed by atoms with Crippen molar-refractivity contribution < 1.29 is 9.53 Å². The number of carbonyl (C=O) groups excluding carboxylic acids is 1. The van der Waals surface area contributed by atoms with Crippen LogP contribution in [0, 0.1) is 5.92 Å². The Kier molecular flexibility index (Phi) is 4.71. The molecule has 3 atom stereocenters. The zero-order valence-corrected chi connectivity index (χ0v) is 13.5. The van der Waals surface area contributed by atoms with Gasteiger partial charge in [0.2, 0.25) is 0 Å². The lowest BCUT2D eigenvalue weighted by molar-refractivity contribution is -0.148. The number of methoxy groups -OCH3 is 1. The molecule has 3 heterocycles. The first-order valence-electron chi connectivity index (χ1n) is 7.90. The summed E-state index contributed by atoms with van der Waals surface area (Å²) in [4.78, 5) is 22.9. The van der Waals surface area contributed by atoms with Crippen molar-refractivity contribution in [3.8, 4) is 0 Å². The van der Waals surface area contributed by atoms with Crippen LogP contribution in [0.25, 0.3) is 0 Å². The summed E-state index contributed by atoms with van der Waals surface area (Å²) in [5.74, 6) is 0.296. The molecule has 0 spiro atoms. The van der Waals surface area contributed by atoms with Crippen LogP contribution < -0.4 is 0 Å². The topological polar surface area (TPSA) is 60.2 Å². The van der Waals surface area contributed by atoms with Gasteiger partial charge < -0.3 is 9.30 Å². The predicted octanol–water partition coefficient (Wildman–Crippen LogP) is 2.08. The number of carbonyl (C=O) groups is 1. The average Bonchev–Trinajstić information content (AvgIpc) is 3.11. The molecule has 1 saturated heterocycles. The maximum Gasteiger partial charge on any atom is 0.327 e. The Bertz CT molecular complexity index is 629. The molecule has 0 radical (unpaired) electrons. The smallest absolute Gasteiger partial charge is 0.327 e. The molecule has 0 N–H and O–H groups in total. The second-order valence-electron chi connectivity index (χ2n) is 6.05. The van der Waals surface area contributed by atoms with Gasteiger partial charge in [-0.05, 0) is 30.5 Å². The Morgan fingerprint density at radius 1 is 1.39 bits per heavy atom. The van der Waals surface area contributed by atoms with Crippen LogP contribution in [0.1, 0.15) is 31.0 Å². The van der Waals surface area contributed by atoms with Crippen molar-refractivity contribution >= 4 is 5.97 Å². The highest BCUT2D eigenvalue weighted by Gasteiger charge is 2.35. The molecule has 0 aliphatic carbocycles. The molecule has 1 fully saturated rings. The predicted molar refractivity (Wildman–Crippen MR) is 85.6 cm³/mol. The summed E-state index contributed by atoms with van der Waals surface area (Å²) < 4.78 is 7.18. The summed E-state index contributed by atoms with van der Waals surface area (Å²) in [5, 5.41) is 0. The van der Waals surface area contributed by atoms with E-state index in [1.807, 2.05) is 24.7 Å². The first kappa shape index (κ1) is 15.7. The molecule has 0 aromatic carbocycles. The number of hydrogen-bond donors (Lipinski definition) is 0. The van der Waals surface area contributed by atoms with Crippen molar-refractivity contribution in [2.75, 3.05) is 20.2 Å². The lowest BCUT2D eigenvalue weighted by Gasteiger charge is -2.40. The summed E-state index contributed by atoms with van der Waals surface area (Å²) in [6.45, 7) is 3.90. The van der Waals surface area contributed by atoms with E-state index in [0.29, 0.717) is 12.0 Å². The first-order chi connectivity index (χ1) is 11.2. The number of aromatic nitrogens is 3. The Morgan fingerprint density at radius 3 is 2.91 bits per heavy atom. The lowest BCUT2D eigenvalue weighted by atomic mass is 9.91. The normalized spacial score (nSPS) is 23.4. The number of hydrogen-bond acceptors (Lipinski definition) is 5. The van der Waals surface area contributed by atoms with Crippen LogP contribution in [0.15, 0.2) is 43.2 Å². The van der Waals surface area contributed by atoms with Gasteiger partial charge in [-0.2, -0.15) is 0 Å². The summed E-state index contributed by atoms with van der Waals surface area (Å²) in [6, 6.07) is 3.67. The van der Waals surface area contributed by atoms with Crippen LogP contribution in [-0.2, 0) is 9.53 Å². The van der Waals surface area contributed by atoms with Crippen molar-refractivity contribution in [2.45, 2.75) is 25.4 Å². The van der Waals surface area contributed by atoms with Crippen LogP contribution >= 0.6 is 0 Å². The third-order valence-electron chi connectivity index (χ3n) is 4.65. The van der Waals surface area contributed by atoms with Crippen LogP contribution in [0.3, 0.4) is 0 Å². The average molecular weight is 314 g/mol. The molecule has 122 valence electrons. The zero-order valence-electron chi connectivity index (χ0n) is 13.5. The molecular weight excluding hydrogens is 292 g/mol. The monoisotopic (exact) mass is 314 g/mol. The Balaban J connectivity index is 1.86. The molecular formula is C17H22N4O2. The molecule has 2 aromatic rings. The van der Waals surface area contributed by atoms with Crippen molar-refractivity contribution in [2.24, 2.45) is 5.92 Å². The van der Waals surface area contributed by atoms with Crippen LogP contribution in [0.5, 0.6) is 0 Å². The number of esters is 1. The van der Waals surface area contributed by atoms with Gasteiger partial charge in [-0.25, -0.2) is 9.78 Å². The SMILES string of the molecule is COC(=O)[C@H](c1cccnc1)N1CC[C@@H](C)[C@H](n2ccnc2)C1. The highest BCUT2D eigenvalue weighted by molar-refractivity contribution is 5.77. The summed E-state index contributed by atoms with van der Waals surface area (Å²) >= 11 is 0. The summed E-state index contributed by atoms with van der Waals surface area (Å²) in [7, 11) is 1.44. The van der Waals surface area contributed by atoms with E-state index in [-0.39, 0.29) is 5.97 Å². The van der Waals surface area contributed by atoms with Gasteiger partial charge in [0.05, 0.1) is 13.4 Å². The minimum atomic E-state index is -0.410.